The van der Waals surface area contributed by atoms with Gasteiger partial charge in [0.15, 0.2) is 9.84 Å². The van der Waals surface area contributed by atoms with Gasteiger partial charge in [-0.25, -0.2) is 8.42 Å². The zero-order valence-corrected chi connectivity index (χ0v) is 13.5. The van der Waals surface area contributed by atoms with E-state index in [9.17, 15) is 13.5 Å². The minimum absolute atomic E-state index is 0.0631. The molecule has 3 nitrogen and oxygen atoms in total. The molecular formula is C11H14Br2O3S. The van der Waals surface area contributed by atoms with E-state index in [1.165, 1.54) is 6.92 Å². The first kappa shape index (κ1) is 15.1. The molecule has 1 atom stereocenters. The molecule has 0 unspecified atom stereocenters. The van der Waals surface area contributed by atoms with Gasteiger partial charge in [-0.05, 0) is 18.1 Å². The van der Waals surface area contributed by atoms with E-state index in [1.54, 1.807) is 12.1 Å². The zero-order chi connectivity index (χ0) is 13.3. The summed E-state index contributed by atoms with van der Waals surface area (Å²) in [5.41, 5.74) is 1.42. The van der Waals surface area contributed by atoms with Crippen molar-refractivity contribution in [3.63, 3.8) is 0 Å². The fourth-order valence-electron chi connectivity index (χ4n) is 1.44. The summed E-state index contributed by atoms with van der Waals surface area (Å²) in [6.45, 7) is 3.37. The molecule has 0 heterocycles. The first-order chi connectivity index (χ1) is 7.74. The highest BCUT2D eigenvalue weighted by atomic mass is 79.9. The molecule has 0 amide bonds. The molecule has 0 saturated heterocycles. The lowest BCUT2D eigenvalue weighted by atomic mass is 10.1. The monoisotopic (exact) mass is 384 g/mol. The van der Waals surface area contributed by atoms with E-state index in [2.05, 4.69) is 31.9 Å². The summed E-state index contributed by atoms with van der Waals surface area (Å²) in [4.78, 5) is 0. The zero-order valence-electron chi connectivity index (χ0n) is 9.52. The fourth-order valence-corrected chi connectivity index (χ4v) is 4.16. The van der Waals surface area contributed by atoms with Crippen molar-refractivity contribution in [3.05, 3.63) is 35.4 Å². The molecule has 0 saturated carbocycles. The standard InChI is InChI=1S/C11H14Br2O3S/c1-3-17(15,16)11(12,13)10(14)9-7-5-4-6-8(9)2/h4-7,10,14H,3H2,1-2H3/t10-/m0/s1. The highest BCUT2D eigenvalue weighted by Crippen LogP contribution is 2.45. The van der Waals surface area contributed by atoms with Crippen LogP contribution in [0.2, 0.25) is 0 Å². The molecular weight excluding hydrogens is 372 g/mol. The van der Waals surface area contributed by atoms with E-state index in [0.717, 1.165) is 5.56 Å². The first-order valence-corrected chi connectivity index (χ1v) is 8.31. The van der Waals surface area contributed by atoms with Crippen LogP contribution >= 0.6 is 31.9 Å². The Labute approximate surface area is 118 Å². The van der Waals surface area contributed by atoms with Crippen molar-refractivity contribution >= 4 is 41.7 Å². The van der Waals surface area contributed by atoms with Gasteiger partial charge in [0.25, 0.3) is 0 Å². The molecule has 0 aliphatic rings. The maximum absolute atomic E-state index is 11.9. The molecule has 0 aliphatic carbocycles. The summed E-state index contributed by atoms with van der Waals surface area (Å²) in [5, 5.41) is 10.2. The highest BCUT2D eigenvalue weighted by Gasteiger charge is 2.45. The Morgan fingerprint density at radius 3 is 2.35 bits per heavy atom. The van der Waals surface area contributed by atoms with Gasteiger partial charge in [0.05, 0.1) is 0 Å². The maximum Gasteiger partial charge on any atom is 0.210 e. The van der Waals surface area contributed by atoms with Crippen molar-refractivity contribution in [3.8, 4) is 0 Å². The fraction of sp³-hybridized carbons (Fsp3) is 0.455. The highest BCUT2D eigenvalue weighted by molar-refractivity contribution is 9.28. The largest absolute Gasteiger partial charge is 0.385 e. The minimum atomic E-state index is -3.48. The lowest BCUT2D eigenvalue weighted by Gasteiger charge is -2.27. The Kier molecular flexibility index (Phi) is 4.80. The van der Waals surface area contributed by atoms with Gasteiger partial charge in [-0.1, -0.05) is 63.0 Å². The lowest BCUT2D eigenvalue weighted by Crippen LogP contribution is -2.34. The van der Waals surface area contributed by atoms with Gasteiger partial charge in [0, 0.05) is 5.75 Å². The molecule has 6 heteroatoms. The maximum atomic E-state index is 11.9. The van der Waals surface area contributed by atoms with Crippen molar-refractivity contribution in [2.24, 2.45) is 0 Å². The molecule has 1 aromatic rings. The number of benzene rings is 1. The number of aryl methyl sites for hydroxylation is 1. The van der Waals surface area contributed by atoms with Crippen LogP contribution in [-0.2, 0) is 9.84 Å². The van der Waals surface area contributed by atoms with Crippen LogP contribution in [0.5, 0.6) is 0 Å². The second kappa shape index (κ2) is 5.38. The first-order valence-electron chi connectivity index (χ1n) is 5.07. The van der Waals surface area contributed by atoms with Crippen LogP contribution in [0, 0.1) is 6.92 Å². The summed E-state index contributed by atoms with van der Waals surface area (Å²) < 4.78 is 22.2. The number of aliphatic hydroxyl groups is 1. The minimum Gasteiger partial charge on any atom is -0.385 e. The van der Waals surface area contributed by atoms with E-state index >= 15 is 0 Å². The molecule has 0 fully saturated rings. The van der Waals surface area contributed by atoms with Crippen LogP contribution in [0.15, 0.2) is 24.3 Å². The second-order valence-electron chi connectivity index (χ2n) is 3.72. The van der Waals surface area contributed by atoms with E-state index in [1.807, 2.05) is 19.1 Å². The third kappa shape index (κ3) is 2.92. The number of aliphatic hydroxyl groups excluding tert-OH is 1. The smallest absolute Gasteiger partial charge is 0.210 e. The Bertz CT molecular complexity index is 497. The number of halogens is 2. The molecule has 17 heavy (non-hydrogen) atoms. The van der Waals surface area contributed by atoms with Gasteiger partial charge in [0.2, 0.25) is 2.57 Å². The summed E-state index contributed by atoms with van der Waals surface area (Å²) in [5.74, 6) is -0.0631. The van der Waals surface area contributed by atoms with Crippen molar-refractivity contribution in [2.75, 3.05) is 5.75 Å². The summed E-state index contributed by atoms with van der Waals surface area (Å²) >= 11 is 6.16. The van der Waals surface area contributed by atoms with Crippen molar-refractivity contribution < 1.29 is 13.5 Å². The Morgan fingerprint density at radius 1 is 1.35 bits per heavy atom. The van der Waals surface area contributed by atoms with Crippen LogP contribution < -0.4 is 0 Å². The summed E-state index contributed by atoms with van der Waals surface area (Å²) in [6.07, 6.45) is -1.17. The Hall–Kier alpha value is 0.0900. The summed E-state index contributed by atoms with van der Waals surface area (Å²) in [6, 6.07) is 7.14. The molecule has 1 N–H and O–H groups in total. The lowest BCUT2D eigenvalue weighted by molar-refractivity contribution is 0.188. The van der Waals surface area contributed by atoms with Crippen LogP contribution in [0.3, 0.4) is 0 Å². The number of hydrogen-bond acceptors (Lipinski definition) is 3. The van der Waals surface area contributed by atoms with Gasteiger partial charge in [-0.15, -0.1) is 0 Å². The van der Waals surface area contributed by atoms with Gasteiger partial charge >= 0.3 is 0 Å². The van der Waals surface area contributed by atoms with Crippen molar-refractivity contribution in [1.29, 1.82) is 0 Å². The van der Waals surface area contributed by atoms with Gasteiger partial charge in [-0.3, -0.25) is 0 Å². The van der Waals surface area contributed by atoms with E-state index in [0.29, 0.717) is 5.56 Å². The SMILES string of the molecule is CCS(=O)(=O)C(Br)(Br)[C@@H](O)c1ccccc1C. The van der Waals surface area contributed by atoms with Crippen LogP contribution in [0.1, 0.15) is 24.2 Å². The quantitative estimate of drug-likeness (QED) is 0.810. The molecule has 0 aliphatic heterocycles. The predicted molar refractivity (Wildman–Crippen MR) is 76.2 cm³/mol. The second-order valence-corrected chi connectivity index (χ2v) is 10.8. The normalized spacial score (nSPS) is 14.6. The number of hydrogen-bond donors (Lipinski definition) is 1. The molecule has 0 aromatic heterocycles. The summed E-state index contributed by atoms with van der Waals surface area (Å²) in [7, 11) is -3.48. The van der Waals surface area contributed by atoms with Crippen LogP contribution in [0.4, 0.5) is 0 Å². The average Bonchev–Trinajstić information content (AvgIpc) is 2.28. The van der Waals surface area contributed by atoms with Gasteiger partial charge in [0.1, 0.15) is 6.10 Å². The van der Waals surface area contributed by atoms with Gasteiger partial charge in [-0.2, -0.15) is 0 Å². The van der Waals surface area contributed by atoms with Crippen molar-refractivity contribution in [2.45, 2.75) is 22.5 Å². The molecule has 1 rings (SSSR count). The molecule has 0 radical (unpaired) electrons. The third-order valence-electron chi connectivity index (χ3n) is 2.60. The Balaban J connectivity index is 3.23. The van der Waals surface area contributed by atoms with E-state index < -0.39 is 18.5 Å². The van der Waals surface area contributed by atoms with E-state index in [-0.39, 0.29) is 5.75 Å². The third-order valence-corrected chi connectivity index (χ3v) is 8.24. The number of rotatable bonds is 4. The van der Waals surface area contributed by atoms with Crippen LogP contribution in [-0.4, -0.2) is 21.8 Å². The predicted octanol–water partition coefficient (Wildman–Crippen LogP) is 2.91. The average molecular weight is 386 g/mol. The molecule has 0 bridgehead atoms. The number of alkyl halides is 2. The molecule has 96 valence electrons. The van der Waals surface area contributed by atoms with Crippen molar-refractivity contribution in [1.82, 2.24) is 0 Å². The van der Waals surface area contributed by atoms with Gasteiger partial charge < -0.3 is 5.11 Å². The van der Waals surface area contributed by atoms with E-state index in [4.69, 9.17) is 0 Å². The molecule has 1 aromatic carbocycles. The number of sulfone groups is 1. The topological polar surface area (TPSA) is 54.4 Å². The Morgan fingerprint density at radius 2 is 1.88 bits per heavy atom. The van der Waals surface area contributed by atoms with Crippen LogP contribution in [0.25, 0.3) is 0 Å². The molecule has 0 spiro atoms.